The first-order chi connectivity index (χ1) is 14.7. The van der Waals surface area contributed by atoms with E-state index >= 15 is 0 Å². The summed E-state index contributed by atoms with van der Waals surface area (Å²) in [4.78, 5) is 35.3. The Kier molecular flexibility index (Phi) is 9.87. The molecule has 178 valence electrons. The molecule has 0 aromatic rings. The Hall–Kier alpha value is -2.03. The number of carbonyl (C=O) groups excluding carboxylic acids is 2. The van der Waals surface area contributed by atoms with Crippen LogP contribution in [0.25, 0.3) is 0 Å². The van der Waals surface area contributed by atoms with Gasteiger partial charge in [0.2, 0.25) is 0 Å². The van der Waals surface area contributed by atoms with Crippen LogP contribution in [-0.4, -0.2) is 104 Å². The molecule has 0 radical (unpaired) electrons. The Morgan fingerprint density at radius 2 is 1.65 bits per heavy atom. The number of hydrogen-bond acceptors (Lipinski definition) is 6. The quantitative estimate of drug-likeness (QED) is 0.383. The fourth-order valence-electron chi connectivity index (χ4n) is 3.79. The van der Waals surface area contributed by atoms with Crippen molar-refractivity contribution in [2.75, 3.05) is 65.5 Å². The van der Waals surface area contributed by atoms with Gasteiger partial charge in [0, 0.05) is 52.4 Å². The maximum Gasteiger partial charge on any atom is 0.410 e. The second-order valence-electron chi connectivity index (χ2n) is 9.06. The smallest absolute Gasteiger partial charge is 0.410 e. The molecule has 1 N–H and O–H groups in total. The number of rotatable bonds is 6. The van der Waals surface area contributed by atoms with E-state index < -0.39 is 5.60 Å². The van der Waals surface area contributed by atoms with Gasteiger partial charge in [0.15, 0.2) is 5.96 Å². The number of hydrogen-bond donors (Lipinski definition) is 1. The van der Waals surface area contributed by atoms with Gasteiger partial charge >= 0.3 is 12.1 Å². The highest BCUT2D eigenvalue weighted by Gasteiger charge is 2.28. The van der Waals surface area contributed by atoms with Crippen molar-refractivity contribution < 1.29 is 19.1 Å². The highest BCUT2D eigenvalue weighted by molar-refractivity contribution is 5.80. The predicted molar refractivity (Wildman–Crippen MR) is 121 cm³/mol. The lowest BCUT2D eigenvalue weighted by Gasteiger charge is -2.35. The number of likely N-dealkylation sites (tertiary alicyclic amines) is 1. The van der Waals surface area contributed by atoms with Crippen molar-refractivity contribution in [1.29, 1.82) is 0 Å². The first-order valence-electron chi connectivity index (χ1n) is 11.6. The summed E-state index contributed by atoms with van der Waals surface area (Å²) in [6.45, 7) is 17.0. The standard InChI is InChI=1S/C22H41N5O4/c1-6-23-20(26-11-8-18(9-12-26)19(28)30-7-2)24-10-13-25-14-16-27(17-15-25)21(29)31-22(3,4)5/h18H,6-17H2,1-5H3,(H,23,24). The number of nitrogens with one attached hydrogen (secondary N) is 1. The summed E-state index contributed by atoms with van der Waals surface area (Å²) in [5, 5.41) is 3.37. The summed E-state index contributed by atoms with van der Waals surface area (Å²) in [7, 11) is 0. The van der Waals surface area contributed by atoms with Gasteiger partial charge in [-0.05, 0) is 47.5 Å². The van der Waals surface area contributed by atoms with Gasteiger partial charge in [-0.1, -0.05) is 0 Å². The van der Waals surface area contributed by atoms with Crippen LogP contribution in [0.3, 0.4) is 0 Å². The van der Waals surface area contributed by atoms with Gasteiger partial charge in [-0.2, -0.15) is 0 Å². The molecular formula is C22H41N5O4. The SMILES string of the molecule is CCNC(=NCCN1CCN(C(=O)OC(C)(C)C)CC1)N1CCC(C(=O)OCC)CC1. The van der Waals surface area contributed by atoms with E-state index in [0.29, 0.717) is 26.2 Å². The number of guanidine groups is 1. The van der Waals surface area contributed by atoms with Crippen LogP contribution < -0.4 is 5.32 Å². The second kappa shape index (κ2) is 12.1. The minimum Gasteiger partial charge on any atom is -0.466 e. The normalized spacial score (nSPS) is 19.3. The van der Waals surface area contributed by atoms with Gasteiger partial charge in [-0.15, -0.1) is 0 Å². The molecular weight excluding hydrogens is 398 g/mol. The number of esters is 1. The van der Waals surface area contributed by atoms with E-state index in [1.807, 2.05) is 27.7 Å². The van der Waals surface area contributed by atoms with Crippen LogP contribution in [0.15, 0.2) is 4.99 Å². The molecule has 0 aromatic carbocycles. The lowest BCUT2D eigenvalue weighted by Crippen LogP contribution is -2.50. The van der Waals surface area contributed by atoms with Crippen LogP contribution in [0.4, 0.5) is 4.79 Å². The van der Waals surface area contributed by atoms with Crippen molar-refractivity contribution in [1.82, 2.24) is 20.0 Å². The van der Waals surface area contributed by atoms with Crippen molar-refractivity contribution in [3.8, 4) is 0 Å². The van der Waals surface area contributed by atoms with Gasteiger partial charge in [0.25, 0.3) is 0 Å². The number of ether oxygens (including phenoxy) is 2. The second-order valence-corrected chi connectivity index (χ2v) is 9.06. The highest BCUT2D eigenvalue weighted by atomic mass is 16.6. The van der Waals surface area contributed by atoms with E-state index in [-0.39, 0.29) is 18.0 Å². The summed E-state index contributed by atoms with van der Waals surface area (Å²) in [5.74, 6) is 0.840. The summed E-state index contributed by atoms with van der Waals surface area (Å²) < 4.78 is 10.6. The van der Waals surface area contributed by atoms with Gasteiger partial charge in [-0.3, -0.25) is 14.7 Å². The molecule has 0 saturated carbocycles. The predicted octanol–water partition coefficient (Wildman–Crippen LogP) is 1.78. The van der Waals surface area contributed by atoms with E-state index in [4.69, 9.17) is 14.5 Å². The Morgan fingerprint density at radius 3 is 2.19 bits per heavy atom. The summed E-state index contributed by atoms with van der Waals surface area (Å²) in [6, 6.07) is 0. The maximum absolute atomic E-state index is 12.2. The maximum atomic E-state index is 12.2. The van der Waals surface area contributed by atoms with Crippen LogP contribution in [0.2, 0.25) is 0 Å². The summed E-state index contributed by atoms with van der Waals surface area (Å²) in [6.07, 6.45) is 1.37. The third-order valence-corrected chi connectivity index (χ3v) is 5.45. The largest absolute Gasteiger partial charge is 0.466 e. The molecule has 1 amide bonds. The first-order valence-corrected chi connectivity index (χ1v) is 11.6. The molecule has 0 aromatic heterocycles. The summed E-state index contributed by atoms with van der Waals surface area (Å²) >= 11 is 0. The topological polar surface area (TPSA) is 86.7 Å². The lowest BCUT2D eigenvalue weighted by molar-refractivity contribution is -0.149. The lowest BCUT2D eigenvalue weighted by atomic mass is 9.97. The zero-order valence-electron chi connectivity index (χ0n) is 20.0. The average Bonchev–Trinajstić information content (AvgIpc) is 2.72. The number of nitrogens with zero attached hydrogens (tertiary/aromatic N) is 4. The van der Waals surface area contributed by atoms with Crippen LogP contribution in [0.5, 0.6) is 0 Å². The zero-order chi connectivity index (χ0) is 22.9. The third kappa shape index (κ3) is 8.55. The number of aliphatic imine (C=N–C) groups is 1. The molecule has 9 heteroatoms. The minimum absolute atomic E-state index is 0.000320. The van der Waals surface area contributed by atoms with Crippen LogP contribution in [-0.2, 0) is 14.3 Å². The van der Waals surface area contributed by atoms with E-state index in [2.05, 4.69) is 22.0 Å². The molecule has 0 atom stereocenters. The Bertz CT molecular complexity index is 604. The van der Waals surface area contributed by atoms with Crippen molar-refractivity contribution in [2.45, 2.75) is 53.1 Å². The Balaban J connectivity index is 1.76. The molecule has 2 aliphatic heterocycles. The van der Waals surface area contributed by atoms with Crippen molar-refractivity contribution >= 4 is 18.0 Å². The molecule has 0 bridgehead atoms. The first kappa shape index (κ1) is 25.2. The molecule has 0 unspecified atom stereocenters. The number of piperazine rings is 1. The van der Waals surface area contributed by atoms with Gasteiger partial charge in [-0.25, -0.2) is 4.79 Å². The molecule has 9 nitrogen and oxygen atoms in total. The highest BCUT2D eigenvalue weighted by Crippen LogP contribution is 2.19. The number of carbonyl (C=O) groups is 2. The van der Waals surface area contributed by atoms with E-state index in [0.717, 1.165) is 58.1 Å². The van der Waals surface area contributed by atoms with Crippen LogP contribution >= 0.6 is 0 Å². The number of amides is 1. The van der Waals surface area contributed by atoms with Gasteiger partial charge in [0.05, 0.1) is 19.1 Å². The number of piperidine rings is 1. The van der Waals surface area contributed by atoms with Crippen LogP contribution in [0.1, 0.15) is 47.5 Å². The average molecular weight is 440 g/mol. The molecule has 2 aliphatic rings. The van der Waals surface area contributed by atoms with E-state index in [1.165, 1.54) is 0 Å². The van der Waals surface area contributed by atoms with E-state index in [9.17, 15) is 9.59 Å². The van der Waals surface area contributed by atoms with E-state index in [1.54, 1.807) is 4.90 Å². The van der Waals surface area contributed by atoms with Crippen LogP contribution in [0, 0.1) is 5.92 Å². The Labute approximate surface area is 187 Å². The van der Waals surface area contributed by atoms with Crippen molar-refractivity contribution in [2.24, 2.45) is 10.9 Å². The van der Waals surface area contributed by atoms with Crippen molar-refractivity contribution in [3.63, 3.8) is 0 Å². The molecule has 2 heterocycles. The fraction of sp³-hybridized carbons (Fsp3) is 0.864. The third-order valence-electron chi connectivity index (χ3n) is 5.45. The van der Waals surface area contributed by atoms with Gasteiger partial charge in [0.1, 0.15) is 5.60 Å². The van der Waals surface area contributed by atoms with Gasteiger partial charge < -0.3 is 24.6 Å². The zero-order valence-corrected chi connectivity index (χ0v) is 20.0. The fourth-order valence-corrected chi connectivity index (χ4v) is 3.79. The minimum atomic E-state index is -0.462. The molecule has 2 saturated heterocycles. The molecule has 2 rings (SSSR count). The molecule has 0 aliphatic carbocycles. The van der Waals surface area contributed by atoms with Crippen molar-refractivity contribution in [3.05, 3.63) is 0 Å². The monoisotopic (exact) mass is 439 g/mol. The summed E-state index contributed by atoms with van der Waals surface area (Å²) in [5.41, 5.74) is -0.462. The Morgan fingerprint density at radius 1 is 1.00 bits per heavy atom. The molecule has 2 fully saturated rings. The molecule has 0 spiro atoms. The molecule has 31 heavy (non-hydrogen) atoms.